The van der Waals surface area contributed by atoms with Crippen LogP contribution in [0.2, 0.25) is 0 Å². The Morgan fingerprint density at radius 2 is 2.05 bits per heavy atom. The summed E-state index contributed by atoms with van der Waals surface area (Å²) in [6.45, 7) is 6.22. The fraction of sp³-hybridized carbons (Fsp3) is 0.235. The number of rotatable bonds is 3. The molecule has 0 radical (unpaired) electrons. The normalized spacial score (nSPS) is 11.1. The molecular formula is C17H18N4O. The molecule has 0 aliphatic heterocycles. The van der Waals surface area contributed by atoms with Crippen molar-refractivity contribution in [2.45, 2.75) is 26.8 Å². The smallest absolute Gasteiger partial charge is 0.256 e. The summed E-state index contributed by atoms with van der Waals surface area (Å²) < 4.78 is 2.16. The number of hydrogen-bond acceptors (Lipinski definition) is 3. The third-order valence-electron chi connectivity index (χ3n) is 3.55. The lowest BCUT2D eigenvalue weighted by Crippen LogP contribution is -2.12. The molecule has 3 rings (SSSR count). The molecular weight excluding hydrogens is 276 g/mol. The van der Waals surface area contributed by atoms with E-state index in [4.69, 9.17) is 0 Å². The Bertz CT molecular complexity index is 821. The van der Waals surface area contributed by atoms with Crippen LogP contribution in [0, 0.1) is 6.92 Å². The predicted octanol–water partition coefficient (Wildman–Crippen LogP) is 3.57. The zero-order chi connectivity index (χ0) is 15.7. The van der Waals surface area contributed by atoms with Crippen LogP contribution in [0.15, 0.2) is 42.6 Å². The first-order valence-corrected chi connectivity index (χ1v) is 7.27. The van der Waals surface area contributed by atoms with Gasteiger partial charge in [0.05, 0.1) is 11.0 Å². The summed E-state index contributed by atoms with van der Waals surface area (Å²) in [5, 5.41) is 2.78. The lowest BCUT2D eigenvalue weighted by atomic mass is 10.2. The molecule has 0 spiro atoms. The van der Waals surface area contributed by atoms with Gasteiger partial charge < -0.3 is 9.88 Å². The second-order valence-corrected chi connectivity index (χ2v) is 5.50. The van der Waals surface area contributed by atoms with Crippen molar-refractivity contribution >= 4 is 22.8 Å². The van der Waals surface area contributed by atoms with Crippen molar-refractivity contribution in [2.75, 3.05) is 5.32 Å². The number of carbonyl (C=O) groups excluding carboxylic acids is 1. The Hall–Kier alpha value is -2.69. The van der Waals surface area contributed by atoms with Crippen molar-refractivity contribution in [2.24, 2.45) is 0 Å². The summed E-state index contributed by atoms with van der Waals surface area (Å²) >= 11 is 0. The number of aromatic nitrogens is 3. The molecule has 1 aromatic carbocycles. The van der Waals surface area contributed by atoms with Gasteiger partial charge in [0, 0.05) is 17.8 Å². The van der Waals surface area contributed by atoms with Gasteiger partial charge in [0.1, 0.15) is 11.6 Å². The van der Waals surface area contributed by atoms with E-state index in [1.165, 1.54) is 0 Å². The number of benzene rings is 1. The zero-order valence-electron chi connectivity index (χ0n) is 12.9. The summed E-state index contributed by atoms with van der Waals surface area (Å²) in [5.41, 5.74) is 2.45. The maximum atomic E-state index is 12.3. The van der Waals surface area contributed by atoms with Gasteiger partial charge >= 0.3 is 0 Å². The third kappa shape index (κ3) is 2.57. The standard InChI is InChI=1S/C17H18N4O/c1-11(2)21-12(3)19-14-10-13(7-8-15(14)21)17(22)20-16-6-4-5-9-18-16/h4-11H,1-3H3,(H,18,20,22). The molecule has 0 aliphatic carbocycles. The molecule has 0 saturated carbocycles. The largest absolute Gasteiger partial charge is 0.326 e. The number of imidazole rings is 1. The molecule has 0 aliphatic rings. The molecule has 0 atom stereocenters. The topological polar surface area (TPSA) is 59.8 Å². The predicted molar refractivity (Wildman–Crippen MR) is 87.0 cm³/mol. The van der Waals surface area contributed by atoms with Crippen molar-refractivity contribution in [1.29, 1.82) is 0 Å². The number of fused-ring (bicyclic) bond motifs is 1. The molecule has 1 N–H and O–H groups in total. The lowest BCUT2D eigenvalue weighted by Gasteiger charge is -2.10. The highest BCUT2D eigenvalue weighted by Crippen LogP contribution is 2.22. The van der Waals surface area contributed by atoms with E-state index < -0.39 is 0 Å². The van der Waals surface area contributed by atoms with Gasteiger partial charge in [0.2, 0.25) is 0 Å². The van der Waals surface area contributed by atoms with E-state index in [1.54, 1.807) is 12.3 Å². The van der Waals surface area contributed by atoms with Gasteiger partial charge in [-0.3, -0.25) is 4.79 Å². The Kier molecular flexibility index (Phi) is 3.63. The highest BCUT2D eigenvalue weighted by Gasteiger charge is 2.13. The third-order valence-corrected chi connectivity index (χ3v) is 3.55. The Labute approximate surface area is 129 Å². The quantitative estimate of drug-likeness (QED) is 0.803. The molecule has 2 aromatic heterocycles. The van der Waals surface area contributed by atoms with Crippen LogP contribution in [-0.2, 0) is 0 Å². The molecule has 5 heteroatoms. The first kappa shape index (κ1) is 14.3. The maximum Gasteiger partial charge on any atom is 0.256 e. The number of hydrogen-bond donors (Lipinski definition) is 1. The van der Waals surface area contributed by atoms with Crippen molar-refractivity contribution < 1.29 is 4.79 Å². The van der Waals surface area contributed by atoms with Crippen LogP contribution in [0.1, 0.15) is 36.1 Å². The number of nitrogens with one attached hydrogen (secondary N) is 1. The summed E-state index contributed by atoms with van der Waals surface area (Å²) in [5.74, 6) is 1.31. The van der Waals surface area contributed by atoms with Crippen molar-refractivity contribution in [3.8, 4) is 0 Å². The molecule has 5 nitrogen and oxygen atoms in total. The average molecular weight is 294 g/mol. The van der Waals surface area contributed by atoms with Crippen LogP contribution in [0.5, 0.6) is 0 Å². The van der Waals surface area contributed by atoms with Crippen LogP contribution in [0.4, 0.5) is 5.82 Å². The number of aryl methyl sites for hydroxylation is 1. The van der Waals surface area contributed by atoms with Crippen molar-refractivity contribution in [3.05, 3.63) is 54.0 Å². The van der Waals surface area contributed by atoms with Crippen LogP contribution in [0.3, 0.4) is 0 Å². The van der Waals surface area contributed by atoms with E-state index in [1.807, 2.05) is 37.3 Å². The van der Waals surface area contributed by atoms with E-state index in [0.29, 0.717) is 17.4 Å². The Balaban J connectivity index is 1.94. The van der Waals surface area contributed by atoms with E-state index >= 15 is 0 Å². The van der Waals surface area contributed by atoms with Gasteiger partial charge in [0.25, 0.3) is 5.91 Å². The van der Waals surface area contributed by atoms with Crippen molar-refractivity contribution in [1.82, 2.24) is 14.5 Å². The van der Waals surface area contributed by atoms with Gasteiger partial charge in [-0.15, -0.1) is 0 Å². The van der Waals surface area contributed by atoms with Gasteiger partial charge in [-0.25, -0.2) is 9.97 Å². The Morgan fingerprint density at radius 1 is 1.23 bits per heavy atom. The number of amides is 1. The summed E-state index contributed by atoms with van der Waals surface area (Å²) in [7, 11) is 0. The zero-order valence-corrected chi connectivity index (χ0v) is 12.9. The van der Waals surface area contributed by atoms with Gasteiger partial charge in [0.15, 0.2) is 0 Å². The van der Waals surface area contributed by atoms with Crippen LogP contribution in [-0.4, -0.2) is 20.4 Å². The van der Waals surface area contributed by atoms with Gasteiger partial charge in [-0.05, 0) is 51.1 Å². The minimum absolute atomic E-state index is 0.183. The molecule has 1 amide bonds. The average Bonchev–Trinajstić information content (AvgIpc) is 2.83. The molecule has 0 bridgehead atoms. The lowest BCUT2D eigenvalue weighted by molar-refractivity contribution is 0.102. The number of anilines is 1. The second kappa shape index (κ2) is 5.60. The molecule has 3 aromatic rings. The maximum absolute atomic E-state index is 12.3. The van der Waals surface area contributed by atoms with Crippen LogP contribution < -0.4 is 5.32 Å². The van der Waals surface area contributed by atoms with Crippen LogP contribution in [0.25, 0.3) is 11.0 Å². The molecule has 112 valence electrons. The molecule has 2 heterocycles. The number of nitrogens with zero attached hydrogens (tertiary/aromatic N) is 3. The van der Waals surface area contributed by atoms with E-state index in [-0.39, 0.29) is 5.91 Å². The minimum Gasteiger partial charge on any atom is -0.326 e. The van der Waals surface area contributed by atoms with Gasteiger partial charge in [-0.1, -0.05) is 6.07 Å². The first-order valence-electron chi connectivity index (χ1n) is 7.27. The molecule has 0 fully saturated rings. The SMILES string of the molecule is Cc1nc2cc(C(=O)Nc3ccccn3)ccc2n1C(C)C. The number of carbonyl (C=O) groups is 1. The fourth-order valence-electron chi connectivity index (χ4n) is 2.64. The van der Waals surface area contributed by atoms with E-state index in [0.717, 1.165) is 16.9 Å². The number of pyridine rings is 1. The van der Waals surface area contributed by atoms with Crippen LogP contribution >= 0.6 is 0 Å². The molecule has 0 saturated heterocycles. The summed E-state index contributed by atoms with van der Waals surface area (Å²) in [4.78, 5) is 20.9. The van der Waals surface area contributed by atoms with Gasteiger partial charge in [-0.2, -0.15) is 0 Å². The van der Waals surface area contributed by atoms with Crippen molar-refractivity contribution in [3.63, 3.8) is 0 Å². The summed E-state index contributed by atoms with van der Waals surface area (Å²) in [6.07, 6.45) is 1.65. The second-order valence-electron chi connectivity index (χ2n) is 5.50. The first-order chi connectivity index (χ1) is 10.6. The minimum atomic E-state index is -0.183. The highest BCUT2D eigenvalue weighted by atomic mass is 16.1. The highest BCUT2D eigenvalue weighted by molar-refractivity contribution is 6.05. The Morgan fingerprint density at radius 3 is 2.73 bits per heavy atom. The molecule has 22 heavy (non-hydrogen) atoms. The van der Waals surface area contributed by atoms with E-state index in [9.17, 15) is 4.79 Å². The monoisotopic (exact) mass is 294 g/mol. The van der Waals surface area contributed by atoms with E-state index in [2.05, 4.69) is 33.7 Å². The fourth-order valence-corrected chi connectivity index (χ4v) is 2.64. The molecule has 0 unspecified atom stereocenters. The summed E-state index contributed by atoms with van der Waals surface area (Å²) in [6, 6.07) is 11.3.